The van der Waals surface area contributed by atoms with Crippen molar-refractivity contribution in [3.63, 3.8) is 0 Å². The van der Waals surface area contributed by atoms with E-state index < -0.39 is 10.8 Å². The zero-order valence-electron chi connectivity index (χ0n) is 19.2. The Bertz CT molecular complexity index is 1200. The minimum atomic E-state index is -1.30. The molecular formula is C23H28N8O2S. The van der Waals surface area contributed by atoms with Gasteiger partial charge in [0.25, 0.3) is 0 Å². The summed E-state index contributed by atoms with van der Waals surface area (Å²) in [5.74, 6) is 0.574. The van der Waals surface area contributed by atoms with Crippen molar-refractivity contribution in [3.8, 4) is 0 Å². The lowest BCUT2D eigenvalue weighted by Gasteiger charge is -2.12. The smallest absolute Gasteiger partial charge is 0.248 e. The molecule has 0 radical (unpaired) electrons. The molecule has 3 heterocycles. The van der Waals surface area contributed by atoms with Crippen molar-refractivity contribution in [2.75, 3.05) is 41.8 Å². The second kappa shape index (κ2) is 11.0. The number of amides is 1. The van der Waals surface area contributed by atoms with Crippen LogP contribution in [0.4, 0.5) is 28.8 Å². The number of rotatable bonds is 9. The van der Waals surface area contributed by atoms with Crippen LogP contribution in [0.2, 0.25) is 0 Å². The third-order valence-corrected chi connectivity index (χ3v) is 6.17. The quantitative estimate of drug-likeness (QED) is 0.400. The van der Waals surface area contributed by atoms with Gasteiger partial charge in [-0.1, -0.05) is 12.1 Å². The van der Waals surface area contributed by atoms with Gasteiger partial charge in [0.05, 0.1) is 33.8 Å². The van der Waals surface area contributed by atoms with Gasteiger partial charge in [-0.3, -0.25) is 18.6 Å². The molecule has 1 unspecified atom stereocenters. The Morgan fingerprint density at radius 2 is 1.94 bits per heavy atom. The van der Waals surface area contributed by atoms with Gasteiger partial charge >= 0.3 is 0 Å². The Hall–Kier alpha value is -3.57. The molecule has 10 nitrogen and oxygen atoms in total. The number of hydrogen-bond acceptors (Lipinski definition) is 8. The summed E-state index contributed by atoms with van der Waals surface area (Å²) in [6.45, 7) is 2.97. The Morgan fingerprint density at radius 3 is 2.68 bits per heavy atom. The summed E-state index contributed by atoms with van der Waals surface area (Å²) >= 11 is 0. The van der Waals surface area contributed by atoms with Crippen LogP contribution in [0.15, 0.2) is 59.9 Å². The van der Waals surface area contributed by atoms with Gasteiger partial charge in [0.1, 0.15) is 0 Å². The molecule has 2 aromatic heterocycles. The lowest BCUT2D eigenvalue weighted by atomic mass is 10.2. The van der Waals surface area contributed by atoms with Crippen LogP contribution in [0.5, 0.6) is 0 Å². The minimum Gasteiger partial charge on any atom is -0.339 e. The van der Waals surface area contributed by atoms with Crippen molar-refractivity contribution in [1.29, 1.82) is 0 Å². The molecule has 3 aromatic rings. The van der Waals surface area contributed by atoms with Crippen molar-refractivity contribution in [3.05, 3.63) is 55.0 Å². The Labute approximate surface area is 200 Å². The van der Waals surface area contributed by atoms with Crippen molar-refractivity contribution < 1.29 is 9.00 Å². The molecule has 1 amide bonds. The fourth-order valence-corrected chi connectivity index (χ4v) is 4.19. The lowest BCUT2D eigenvalue weighted by Crippen LogP contribution is -2.19. The zero-order chi connectivity index (χ0) is 23.9. The van der Waals surface area contributed by atoms with Crippen LogP contribution < -0.4 is 16.0 Å². The van der Waals surface area contributed by atoms with Crippen LogP contribution in [0.25, 0.3) is 0 Å². The third-order valence-electron chi connectivity index (χ3n) is 5.25. The minimum absolute atomic E-state index is 0.184. The van der Waals surface area contributed by atoms with Crippen molar-refractivity contribution in [1.82, 2.24) is 24.6 Å². The third kappa shape index (κ3) is 6.49. The van der Waals surface area contributed by atoms with E-state index in [0.29, 0.717) is 28.0 Å². The van der Waals surface area contributed by atoms with Crippen LogP contribution in [0, 0.1) is 0 Å². The number of nitrogens with one attached hydrogen (secondary N) is 3. The number of hydrogen-bond donors (Lipinski definition) is 3. The fourth-order valence-electron chi connectivity index (χ4n) is 3.62. The molecule has 1 fully saturated rings. The van der Waals surface area contributed by atoms with Crippen LogP contribution in [-0.4, -0.2) is 60.7 Å². The van der Waals surface area contributed by atoms with E-state index in [2.05, 4.69) is 35.9 Å². The molecule has 0 saturated carbocycles. The van der Waals surface area contributed by atoms with E-state index in [0.717, 1.165) is 25.3 Å². The maximum Gasteiger partial charge on any atom is 0.248 e. The Kier molecular flexibility index (Phi) is 7.65. The predicted octanol–water partition coefficient (Wildman–Crippen LogP) is 3.03. The van der Waals surface area contributed by atoms with E-state index in [1.807, 2.05) is 31.3 Å². The fraction of sp³-hybridized carbons (Fsp3) is 0.304. The van der Waals surface area contributed by atoms with Gasteiger partial charge in [0.15, 0.2) is 5.82 Å². The topological polar surface area (TPSA) is 117 Å². The molecule has 1 saturated heterocycles. The van der Waals surface area contributed by atoms with Gasteiger partial charge < -0.3 is 16.0 Å². The molecule has 0 spiro atoms. The maximum atomic E-state index is 12.3. The number of benzene rings is 1. The van der Waals surface area contributed by atoms with E-state index >= 15 is 0 Å². The Morgan fingerprint density at radius 1 is 1.15 bits per heavy atom. The number of carbonyl (C=O) groups is 1. The number of aryl methyl sites for hydroxylation is 1. The predicted molar refractivity (Wildman–Crippen MR) is 134 cm³/mol. The second-order valence-electron chi connectivity index (χ2n) is 7.99. The van der Waals surface area contributed by atoms with Crippen LogP contribution in [0.1, 0.15) is 12.8 Å². The van der Waals surface area contributed by atoms with Crippen LogP contribution >= 0.6 is 0 Å². The van der Waals surface area contributed by atoms with E-state index in [4.69, 9.17) is 0 Å². The summed E-state index contributed by atoms with van der Waals surface area (Å²) in [5, 5.41) is 13.3. The van der Waals surface area contributed by atoms with Gasteiger partial charge in [-0.15, -0.1) is 0 Å². The first kappa shape index (κ1) is 23.6. The number of anilines is 5. The lowest BCUT2D eigenvalue weighted by molar-refractivity contribution is -0.111. The second-order valence-corrected chi connectivity index (χ2v) is 9.34. The van der Waals surface area contributed by atoms with Crippen molar-refractivity contribution in [2.45, 2.75) is 17.7 Å². The first-order chi connectivity index (χ1) is 16.5. The molecule has 178 valence electrons. The highest BCUT2D eigenvalue weighted by atomic mass is 32.2. The highest BCUT2D eigenvalue weighted by molar-refractivity contribution is 7.84. The Balaban J connectivity index is 1.44. The van der Waals surface area contributed by atoms with Crippen LogP contribution in [-0.2, 0) is 22.6 Å². The summed E-state index contributed by atoms with van der Waals surface area (Å²) in [6, 6.07) is 7.28. The molecule has 0 aliphatic carbocycles. The summed E-state index contributed by atoms with van der Waals surface area (Å²) in [5.41, 5.74) is 2.07. The highest BCUT2D eigenvalue weighted by Gasteiger charge is 2.13. The number of aromatic nitrogens is 4. The summed E-state index contributed by atoms with van der Waals surface area (Å²) in [4.78, 5) is 23.9. The molecule has 1 atom stereocenters. The highest BCUT2D eigenvalue weighted by Crippen LogP contribution is 2.25. The zero-order valence-corrected chi connectivity index (χ0v) is 20.0. The van der Waals surface area contributed by atoms with E-state index in [1.54, 1.807) is 35.5 Å². The average Bonchev–Trinajstić information content (AvgIpc) is 3.46. The van der Waals surface area contributed by atoms with Gasteiger partial charge in [0, 0.05) is 43.5 Å². The molecule has 4 rings (SSSR count). The average molecular weight is 481 g/mol. The molecule has 1 aromatic carbocycles. The van der Waals surface area contributed by atoms with E-state index in [1.165, 1.54) is 19.0 Å². The molecular weight excluding hydrogens is 452 g/mol. The number of carbonyl (C=O) groups excluding carboxylic acids is 1. The molecule has 0 bridgehead atoms. The molecule has 1 aliphatic heterocycles. The molecule has 3 N–H and O–H groups in total. The van der Waals surface area contributed by atoms with E-state index in [9.17, 15) is 9.00 Å². The SMILES string of the molecule is Cn1cc(Nc2ncc(S(C)=O)c(Nc3cccc(NC(=O)/C=C/CN4CCCC4)c3)n2)cn1. The standard InChI is InChI=1S/C23H28N8O2S/c1-30-16-19(14-25-30)28-23-24-15-20(34(2)33)22(29-23)27-18-8-5-7-17(13-18)26-21(32)9-6-12-31-10-3-4-11-31/h5-9,13-16H,3-4,10-12H2,1-2H3,(H,26,32)(H2,24,27,28,29)/b9-6+. The summed E-state index contributed by atoms with van der Waals surface area (Å²) in [6.07, 6.45) is 12.5. The molecule has 1 aliphatic rings. The normalized spacial score (nSPS) is 14.9. The first-order valence-electron chi connectivity index (χ1n) is 11.0. The number of nitrogens with zero attached hydrogens (tertiary/aromatic N) is 5. The number of likely N-dealkylation sites (tertiary alicyclic amines) is 1. The van der Waals surface area contributed by atoms with Crippen molar-refractivity contribution in [2.24, 2.45) is 7.05 Å². The largest absolute Gasteiger partial charge is 0.339 e. The summed E-state index contributed by atoms with van der Waals surface area (Å²) < 4.78 is 13.9. The summed E-state index contributed by atoms with van der Waals surface area (Å²) in [7, 11) is 0.518. The van der Waals surface area contributed by atoms with Gasteiger partial charge in [-0.25, -0.2) is 4.98 Å². The monoisotopic (exact) mass is 480 g/mol. The maximum absolute atomic E-state index is 12.3. The molecule has 11 heteroatoms. The van der Waals surface area contributed by atoms with E-state index in [-0.39, 0.29) is 5.91 Å². The van der Waals surface area contributed by atoms with Gasteiger partial charge in [-0.2, -0.15) is 10.1 Å². The molecule has 34 heavy (non-hydrogen) atoms. The van der Waals surface area contributed by atoms with Crippen LogP contribution in [0.3, 0.4) is 0 Å². The van der Waals surface area contributed by atoms with Gasteiger partial charge in [-0.05, 0) is 44.1 Å². The van der Waals surface area contributed by atoms with Gasteiger partial charge in [0.2, 0.25) is 11.9 Å². The first-order valence-corrected chi connectivity index (χ1v) is 12.6. The van der Waals surface area contributed by atoms with Crippen molar-refractivity contribution >= 4 is 45.5 Å².